The van der Waals surface area contributed by atoms with Crippen LogP contribution in [0.4, 0.5) is 9.95 Å². The molecule has 50 heavy (non-hydrogen) atoms. The molecule has 0 radical (unpaired) electrons. The van der Waals surface area contributed by atoms with Gasteiger partial charge < -0.3 is 0 Å². The number of hydrogen-bond acceptors (Lipinski definition) is 0. The second kappa shape index (κ2) is 22.6. The summed E-state index contributed by atoms with van der Waals surface area (Å²) < 4.78 is 37.3. The van der Waals surface area contributed by atoms with E-state index in [2.05, 4.69) is 0 Å². The Balaban J connectivity index is 0.000000150. The van der Waals surface area contributed by atoms with Crippen LogP contribution in [0.25, 0.3) is 0 Å². The van der Waals surface area contributed by atoms with Crippen LogP contribution in [0.15, 0.2) is 24.3 Å². The molecule has 6 saturated carbocycles. The second-order valence-corrected chi connectivity index (χ2v) is 25.3. The Bertz CT molecular complexity index is 1010. The first-order valence-electron chi connectivity index (χ1n) is 21.6. The monoisotopic (exact) mass is 822 g/mol. The molecule has 0 spiro atoms. The molecule has 0 nitrogen and oxygen atoms in total. The SMILES string of the molecule is C1CCC(P(C2CCCCC2)C2CCCCC2)CC1.C1CCC(P(C2CCCCC2)C2CCCCC2)CC1.Cc1ccc([C]#[Ru]([F])([F])[F])cc1. The van der Waals surface area contributed by atoms with Crippen LogP contribution < -0.4 is 0 Å². The van der Waals surface area contributed by atoms with Gasteiger partial charge >= 0.3 is 72.3 Å². The van der Waals surface area contributed by atoms with Crippen LogP contribution in [0.2, 0.25) is 0 Å². The maximum absolute atomic E-state index is 11.9. The van der Waals surface area contributed by atoms with Gasteiger partial charge in [0, 0.05) is 0 Å². The van der Waals surface area contributed by atoms with Crippen LogP contribution in [0.1, 0.15) is 204 Å². The molecule has 0 unspecified atom stereocenters. The van der Waals surface area contributed by atoms with Crippen molar-refractivity contribution in [3.8, 4) is 4.41 Å². The molecule has 288 valence electrons. The van der Waals surface area contributed by atoms with Gasteiger partial charge in [0.15, 0.2) is 0 Å². The van der Waals surface area contributed by atoms with Crippen molar-refractivity contribution in [3.63, 3.8) is 0 Å². The van der Waals surface area contributed by atoms with Gasteiger partial charge in [-0.15, -0.1) is 0 Å². The predicted octanol–water partition coefficient (Wildman–Crippen LogP) is 16.0. The van der Waals surface area contributed by atoms with Gasteiger partial charge in [0.1, 0.15) is 0 Å². The van der Waals surface area contributed by atoms with Gasteiger partial charge in [0.25, 0.3) is 0 Å². The Kier molecular flexibility index (Phi) is 18.7. The van der Waals surface area contributed by atoms with Gasteiger partial charge in [-0.1, -0.05) is 131 Å². The zero-order valence-electron chi connectivity index (χ0n) is 31.9. The van der Waals surface area contributed by atoms with Crippen LogP contribution in [0.5, 0.6) is 0 Å². The summed E-state index contributed by atoms with van der Waals surface area (Å²) in [5.41, 5.74) is 8.23. The van der Waals surface area contributed by atoms with E-state index in [1.165, 1.54) is 84.6 Å². The molecule has 0 amide bonds. The van der Waals surface area contributed by atoms with Crippen molar-refractivity contribution in [2.45, 2.75) is 234 Å². The molecule has 0 aliphatic heterocycles. The van der Waals surface area contributed by atoms with E-state index in [4.69, 9.17) is 0 Å². The van der Waals surface area contributed by atoms with E-state index in [1.54, 1.807) is 171 Å². The number of rotatable bonds is 6. The number of halogens is 3. The normalized spacial score (nSPS) is 24.9. The van der Waals surface area contributed by atoms with E-state index in [9.17, 15) is 9.95 Å². The molecule has 0 saturated heterocycles. The summed E-state index contributed by atoms with van der Waals surface area (Å²) in [5.74, 6) is 0. The summed E-state index contributed by atoms with van der Waals surface area (Å²) in [6.45, 7) is 1.83. The molecule has 6 fully saturated rings. The molecular formula is C44H73F3P2Ru. The number of benzene rings is 1. The van der Waals surface area contributed by atoms with E-state index >= 15 is 0 Å². The third-order valence-electron chi connectivity index (χ3n) is 13.2. The van der Waals surface area contributed by atoms with Crippen LogP contribution >= 0.6 is 15.8 Å². The quantitative estimate of drug-likeness (QED) is 0.198. The summed E-state index contributed by atoms with van der Waals surface area (Å²) >= 11 is -5.96. The van der Waals surface area contributed by atoms with Crippen LogP contribution in [-0.2, 0) is 15.6 Å². The van der Waals surface area contributed by atoms with Crippen molar-refractivity contribution in [1.29, 1.82) is 0 Å². The van der Waals surface area contributed by atoms with Crippen molar-refractivity contribution in [1.82, 2.24) is 0 Å². The Morgan fingerprint density at radius 2 is 0.620 bits per heavy atom. The molecule has 0 atom stereocenters. The average Bonchev–Trinajstić information content (AvgIpc) is 3.16. The summed E-state index contributed by atoms with van der Waals surface area (Å²) in [4.78, 5) is 0. The second-order valence-electron chi connectivity index (χ2n) is 17.0. The molecule has 0 heterocycles. The van der Waals surface area contributed by atoms with Crippen molar-refractivity contribution in [2.75, 3.05) is 0 Å². The Labute approximate surface area is 313 Å². The van der Waals surface area contributed by atoms with E-state index in [0.29, 0.717) is 15.8 Å². The van der Waals surface area contributed by atoms with Crippen molar-refractivity contribution < 1.29 is 25.6 Å². The fraction of sp³-hybridized carbons (Fsp3) is 0.841. The molecule has 0 bridgehead atoms. The summed E-state index contributed by atoms with van der Waals surface area (Å²) in [6, 6.07) is 6.16. The Hall–Kier alpha value is 0.273. The first kappa shape index (κ1) is 41.4. The van der Waals surface area contributed by atoms with E-state index in [0.717, 1.165) is 5.56 Å². The van der Waals surface area contributed by atoms with Gasteiger partial charge in [0.05, 0.1) is 0 Å². The molecule has 0 N–H and O–H groups in total. The molecule has 6 aliphatic carbocycles. The molecular weight excluding hydrogens is 748 g/mol. The van der Waals surface area contributed by atoms with Crippen molar-refractivity contribution >= 4 is 15.8 Å². The van der Waals surface area contributed by atoms with Crippen LogP contribution in [-0.4, -0.2) is 34.0 Å². The zero-order valence-corrected chi connectivity index (χ0v) is 35.4. The maximum atomic E-state index is 11.9. The third-order valence-corrected chi connectivity index (χ3v) is 22.4. The van der Waals surface area contributed by atoms with E-state index in [1.807, 2.05) is 6.92 Å². The van der Waals surface area contributed by atoms with Crippen molar-refractivity contribution in [2.24, 2.45) is 0 Å². The minimum atomic E-state index is -5.96. The Morgan fingerprint density at radius 3 is 0.820 bits per heavy atom. The van der Waals surface area contributed by atoms with Gasteiger partial charge in [-0.25, -0.2) is 0 Å². The van der Waals surface area contributed by atoms with E-state index in [-0.39, 0.29) is 5.56 Å². The number of aryl methyl sites for hydroxylation is 1. The van der Waals surface area contributed by atoms with Crippen molar-refractivity contribution in [3.05, 3.63) is 35.4 Å². The summed E-state index contributed by atoms with van der Waals surface area (Å²) in [5, 5.41) is 0. The fourth-order valence-corrected chi connectivity index (χ4v) is 21.0. The van der Waals surface area contributed by atoms with Gasteiger partial charge in [-0.2, -0.15) is 0 Å². The van der Waals surface area contributed by atoms with Gasteiger partial charge in [-0.05, 0) is 111 Å². The van der Waals surface area contributed by atoms with Gasteiger partial charge in [-0.3, -0.25) is 0 Å². The third kappa shape index (κ3) is 14.2. The first-order valence-corrected chi connectivity index (χ1v) is 27.5. The zero-order chi connectivity index (χ0) is 35.0. The molecule has 1 aromatic carbocycles. The molecule has 0 aromatic heterocycles. The fourth-order valence-electron chi connectivity index (χ4n) is 10.8. The molecule has 1 aromatic rings. The molecule has 7 rings (SSSR count). The van der Waals surface area contributed by atoms with Gasteiger partial charge in [0.2, 0.25) is 0 Å². The van der Waals surface area contributed by atoms with Crippen LogP contribution in [0.3, 0.4) is 0 Å². The molecule has 6 heteroatoms. The average molecular weight is 822 g/mol. The topological polar surface area (TPSA) is 0 Å². The van der Waals surface area contributed by atoms with E-state index < -0.39 is 15.6 Å². The summed E-state index contributed by atoms with van der Waals surface area (Å²) in [7, 11) is 0.770. The first-order chi connectivity index (χ1) is 24.4. The Morgan fingerprint density at radius 1 is 0.400 bits per heavy atom. The minimum absolute atomic E-state index is 0.139. The van der Waals surface area contributed by atoms with Crippen LogP contribution in [0, 0.1) is 11.3 Å². The molecule has 6 aliphatic rings. The summed E-state index contributed by atoms with van der Waals surface area (Å²) in [6.07, 6.45) is 47.2. The number of hydrogen-bond donors (Lipinski definition) is 0. The predicted molar refractivity (Wildman–Crippen MR) is 213 cm³/mol. The standard InChI is InChI=1S/2C18H33P.C8H7.3FH.Ru/c2*1-4-10-16(11-5-1)19(17-12-6-2-7-13-17)18-14-8-3-9-15-18;1-7-3-5-8(2)6-4-7;;;;/h2*16-18H,1-15H2;3-6H,1H3;3*1H;/q;;;;;;+3/p-3.